The third kappa shape index (κ3) is 7.47. The molecule has 1 aliphatic carbocycles. The highest BCUT2D eigenvalue weighted by molar-refractivity contribution is 5.90. The molecule has 3 N–H and O–H groups in total. The van der Waals surface area contributed by atoms with E-state index in [4.69, 9.17) is 14.9 Å². The number of carboxylic acids is 1. The molecule has 0 saturated heterocycles. The topological polar surface area (TPSA) is 129 Å². The van der Waals surface area contributed by atoms with Gasteiger partial charge in [-0.15, -0.1) is 0 Å². The van der Waals surface area contributed by atoms with Gasteiger partial charge in [-0.2, -0.15) is 0 Å². The lowest BCUT2D eigenvalue weighted by Crippen LogP contribution is -2.49. The summed E-state index contributed by atoms with van der Waals surface area (Å²) in [5.41, 5.74) is 6.08. The Bertz CT molecular complexity index is 1330. The lowest BCUT2D eigenvalue weighted by atomic mass is 9.74. The van der Waals surface area contributed by atoms with Gasteiger partial charge in [-0.3, -0.25) is 4.98 Å². The Labute approximate surface area is 241 Å². The maximum absolute atomic E-state index is 12.9. The van der Waals surface area contributed by atoms with Crippen molar-refractivity contribution in [3.8, 4) is 11.5 Å². The largest absolute Gasteiger partial charge is 0.479 e. The van der Waals surface area contributed by atoms with Crippen LogP contribution >= 0.6 is 0 Å². The predicted molar refractivity (Wildman–Crippen MR) is 157 cm³/mol. The SMILES string of the molecule is CC(OCCCC(CC=Cc1cccnc1)C(=C=O)C(N)(C(=O)O)c1ccccc1-c1ncco1)C1CCCCC1. The van der Waals surface area contributed by atoms with Crippen molar-refractivity contribution in [2.24, 2.45) is 17.6 Å². The number of hydrogen-bond donors (Lipinski definition) is 2. The molecule has 0 radical (unpaired) electrons. The van der Waals surface area contributed by atoms with Crippen molar-refractivity contribution in [1.82, 2.24) is 9.97 Å². The summed E-state index contributed by atoms with van der Waals surface area (Å²) in [4.78, 5) is 33.9. The standard InChI is InChI=1S/C33H39N3O5/c1-24(26-12-3-2-4-13-26)40-20-9-15-27(14-7-10-25-11-8-18-35-22-25)30(23-37)33(34,32(38)39)29-17-6-5-16-28(29)31-36-19-21-41-31/h5-8,10-11,16-19,21-22,24,26-27H,2-4,9,12-15,20,34H2,1H3,(H,38,39). The average Bonchev–Trinajstić information content (AvgIpc) is 3.55. The van der Waals surface area contributed by atoms with Crippen molar-refractivity contribution in [2.75, 3.05) is 6.61 Å². The van der Waals surface area contributed by atoms with Crippen LogP contribution in [0.25, 0.3) is 17.5 Å². The summed E-state index contributed by atoms with van der Waals surface area (Å²) < 4.78 is 11.7. The molecule has 0 bridgehead atoms. The van der Waals surface area contributed by atoms with Crippen LogP contribution in [0.1, 0.15) is 69.4 Å². The first-order valence-corrected chi connectivity index (χ1v) is 14.4. The van der Waals surface area contributed by atoms with Gasteiger partial charge >= 0.3 is 5.97 Å². The Morgan fingerprint density at radius 1 is 1.22 bits per heavy atom. The first kappa shape index (κ1) is 30.1. The van der Waals surface area contributed by atoms with Crippen LogP contribution < -0.4 is 5.73 Å². The van der Waals surface area contributed by atoms with Gasteiger partial charge in [0.15, 0.2) is 5.54 Å². The second-order valence-corrected chi connectivity index (χ2v) is 10.7. The van der Waals surface area contributed by atoms with Crippen LogP contribution in [0.4, 0.5) is 0 Å². The summed E-state index contributed by atoms with van der Waals surface area (Å²) in [6, 6.07) is 10.5. The second-order valence-electron chi connectivity index (χ2n) is 10.7. The highest BCUT2D eigenvalue weighted by atomic mass is 16.5. The van der Waals surface area contributed by atoms with E-state index in [9.17, 15) is 14.7 Å². The summed E-state index contributed by atoms with van der Waals surface area (Å²) in [5, 5.41) is 10.5. The number of carbonyl (C=O) groups is 1. The van der Waals surface area contributed by atoms with Gasteiger partial charge in [0.25, 0.3) is 0 Å². The zero-order valence-electron chi connectivity index (χ0n) is 23.6. The molecule has 4 rings (SSSR count). The molecule has 216 valence electrons. The molecule has 0 spiro atoms. The summed E-state index contributed by atoms with van der Waals surface area (Å²) >= 11 is 0. The van der Waals surface area contributed by atoms with Crippen LogP contribution in [0.5, 0.6) is 0 Å². The van der Waals surface area contributed by atoms with E-state index >= 15 is 0 Å². The van der Waals surface area contributed by atoms with Crippen molar-refractivity contribution in [2.45, 2.75) is 69.9 Å². The molecule has 1 aliphatic rings. The van der Waals surface area contributed by atoms with Gasteiger partial charge in [0.1, 0.15) is 12.2 Å². The van der Waals surface area contributed by atoms with Gasteiger partial charge in [0.2, 0.25) is 5.89 Å². The molecular weight excluding hydrogens is 518 g/mol. The molecule has 0 aliphatic heterocycles. The number of nitrogens with zero attached hydrogens (tertiary/aromatic N) is 2. The van der Waals surface area contributed by atoms with E-state index in [1.54, 1.807) is 36.7 Å². The van der Waals surface area contributed by atoms with Gasteiger partial charge in [-0.25, -0.2) is 14.6 Å². The molecule has 3 atom stereocenters. The van der Waals surface area contributed by atoms with Crippen LogP contribution in [0.15, 0.2) is 77.3 Å². The highest BCUT2D eigenvalue weighted by Gasteiger charge is 2.46. The number of hydrogen-bond acceptors (Lipinski definition) is 7. The predicted octanol–water partition coefficient (Wildman–Crippen LogP) is 6.22. The molecule has 3 unspecified atom stereocenters. The van der Waals surface area contributed by atoms with E-state index in [1.807, 2.05) is 30.2 Å². The van der Waals surface area contributed by atoms with Crippen molar-refractivity contribution in [1.29, 1.82) is 0 Å². The first-order chi connectivity index (χ1) is 19.9. The molecular formula is C33H39N3O5. The zero-order chi connectivity index (χ0) is 29.1. The van der Waals surface area contributed by atoms with Crippen molar-refractivity contribution in [3.63, 3.8) is 0 Å². The molecule has 0 amide bonds. The Balaban J connectivity index is 1.59. The van der Waals surface area contributed by atoms with Crippen molar-refractivity contribution in [3.05, 3.63) is 84.0 Å². The first-order valence-electron chi connectivity index (χ1n) is 14.4. The monoisotopic (exact) mass is 557 g/mol. The number of carbonyl (C=O) groups excluding carboxylic acids is 1. The number of allylic oxidation sites excluding steroid dienone is 1. The fourth-order valence-electron chi connectivity index (χ4n) is 5.79. The summed E-state index contributed by atoms with van der Waals surface area (Å²) in [6.07, 6.45) is 18.0. The second kappa shape index (κ2) is 14.7. The number of aromatic nitrogens is 2. The van der Waals surface area contributed by atoms with E-state index in [2.05, 4.69) is 16.9 Å². The number of benzene rings is 1. The maximum atomic E-state index is 12.9. The van der Waals surface area contributed by atoms with Crippen molar-refractivity contribution < 1.29 is 23.8 Å². The van der Waals surface area contributed by atoms with Gasteiger partial charge in [0, 0.05) is 30.1 Å². The summed E-state index contributed by atoms with van der Waals surface area (Å²) in [5.74, 6) is 0.921. The Morgan fingerprint density at radius 2 is 2.02 bits per heavy atom. The molecule has 41 heavy (non-hydrogen) atoms. The molecule has 8 nitrogen and oxygen atoms in total. The van der Waals surface area contributed by atoms with E-state index < -0.39 is 17.4 Å². The Kier molecular flexibility index (Phi) is 10.8. The van der Waals surface area contributed by atoms with Crippen LogP contribution in [0.3, 0.4) is 0 Å². The average molecular weight is 558 g/mol. The lowest BCUT2D eigenvalue weighted by molar-refractivity contribution is -0.142. The quantitative estimate of drug-likeness (QED) is 0.177. The number of aliphatic carboxylic acids is 1. The Morgan fingerprint density at radius 3 is 2.71 bits per heavy atom. The number of carboxylic acid groups (broad SMARTS) is 1. The maximum Gasteiger partial charge on any atom is 0.333 e. The van der Waals surface area contributed by atoms with Crippen LogP contribution in [0.2, 0.25) is 0 Å². The molecule has 1 aromatic carbocycles. The fourth-order valence-corrected chi connectivity index (χ4v) is 5.79. The third-order valence-corrected chi connectivity index (χ3v) is 8.10. The molecule has 2 aromatic heterocycles. The van der Waals surface area contributed by atoms with Gasteiger partial charge in [-0.1, -0.05) is 55.7 Å². The van der Waals surface area contributed by atoms with Gasteiger partial charge < -0.3 is 20.0 Å². The zero-order valence-corrected chi connectivity index (χ0v) is 23.6. The minimum atomic E-state index is -2.14. The number of oxazole rings is 1. The minimum absolute atomic E-state index is 0.0276. The van der Waals surface area contributed by atoms with Crippen LogP contribution in [0, 0.1) is 11.8 Å². The summed E-state index contributed by atoms with van der Waals surface area (Å²) in [7, 11) is 0. The summed E-state index contributed by atoms with van der Waals surface area (Å²) in [6.45, 7) is 2.65. The number of rotatable bonds is 14. The highest BCUT2D eigenvalue weighted by Crippen LogP contribution is 2.39. The van der Waals surface area contributed by atoms with E-state index in [0.29, 0.717) is 37.4 Å². The van der Waals surface area contributed by atoms with E-state index in [-0.39, 0.29) is 23.1 Å². The van der Waals surface area contributed by atoms with E-state index in [0.717, 1.165) is 5.56 Å². The van der Waals surface area contributed by atoms with E-state index in [1.165, 1.54) is 44.6 Å². The molecule has 1 fully saturated rings. The van der Waals surface area contributed by atoms with Gasteiger partial charge in [0.05, 0.1) is 17.9 Å². The molecule has 8 heteroatoms. The molecule has 3 aromatic rings. The fraction of sp³-hybridized carbons (Fsp3) is 0.424. The van der Waals surface area contributed by atoms with Gasteiger partial charge in [-0.05, 0) is 68.6 Å². The third-order valence-electron chi connectivity index (χ3n) is 8.10. The van der Waals surface area contributed by atoms with Crippen molar-refractivity contribution >= 4 is 18.0 Å². The molecule has 1 saturated carbocycles. The Hall–Kier alpha value is -3.84. The van der Waals surface area contributed by atoms with Crippen LogP contribution in [-0.2, 0) is 19.9 Å². The normalized spacial score (nSPS) is 17.0. The smallest absolute Gasteiger partial charge is 0.333 e. The minimum Gasteiger partial charge on any atom is -0.479 e. The molecule has 2 heterocycles. The lowest BCUT2D eigenvalue weighted by Gasteiger charge is -2.32. The van der Waals surface area contributed by atoms with Crippen LogP contribution in [-0.4, -0.2) is 39.7 Å². The number of ether oxygens (including phenoxy) is 1. The number of pyridine rings is 1. The number of nitrogens with two attached hydrogens (primary N) is 1.